The van der Waals surface area contributed by atoms with Crippen molar-refractivity contribution >= 4 is 0 Å². The summed E-state index contributed by atoms with van der Waals surface area (Å²) < 4.78 is 0. The second-order valence-corrected chi connectivity index (χ2v) is 7.19. The first kappa shape index (κ1) is 16.2. The molecule has 0 radical (unpaired) electrons. The van der Waals surface area contributed by atoms with Gasteiger partial charge in [0.2, 0.25) is 0 Å². The standard InChI is InChI=1S/C18H31N/c1-12-9-14(3)17(10-13(12)2)16(5)15(4)11-19-18(6,7)8/h9-10,15-16,19H,11H2,1-8H3. The Morgan fingerprint density at radius 1 is 0.947 bits per heavy atom. The molecule has 0 heterocycles. The summed E-state index contributed by atoms with van der Waals surface area (Å²) >= 11 is 0. The zero-order chi connectivity index (χ0) is 14.8. The molecular formula is C18H31N. The first-order valence-electron chi connectivity index (χ1n) is 7.44. The van der Waals surface area contributed by atoms with Crippen LogP contribution in [0.5, 0.6) is 0 Å². The van der Waals surface area contributed by atoms with E-state index in [1.807, 2.05) is 0 Å². The third kappa shape index (κ3) is 4.65. The van der Waals surface area contributed by atoms with Gasteiger partial charge in [0.05, 0.1) is 0 Å². The van der Waals surface area contributed by atoms with E-state index in [4.69, 9.17) is 0 Å². The lowest BCUT2D eigenvalue weighted by molar-refractivity contribution is 0.359. The molecule has 2 atom stereocenters. The molecule has 1 N–H and O–H groups in total. The van der Waals surface area contributed by atoms with Gasteiger partial charge < -0.3 is 5.32 Å². The fourth-order valence-electron chi connectivity index (χ4n) is 2.42. The van der Waals surface area contributed by atoms with Crippen LogP contribution in [0.1, 0.15) is 62.8 Å². The van der Waals surface area contributed by atoms with E-state index in [-0.39, 0.29) is 5.54 Å². The lowest BCUT2D eigenvalue weighted by Crippen LogP contribution is -2.39. The lowest BCUT2D eigenvalue weighted by atomic mass is 9.84. The topological polar surface area (TPSA) is 12.0 Å². The van der Waals surface area contributed by atoms with E-state index in [9.17, 15) is 0 Å². The van der Waals surface area contributed by atoms with Crippen molar-refractivity contribution in [2.75, 3.05) is 6.54 Å². The minimum absolute atomic E-state index is 0.201. The molecule has 0 aliphatic heterocycles. The fraction of sp³-hybridized carbons (Fsp3) is 0.667. The Morgan fingerprint density at radius 2 is 1.47 bits per heavy atom. The molecule has 1 heteroatoms. The van der Waals surface area contributed by atoms with Crippen molar-refractivity contribution in [2.24, 2.45) is 5.92 Å². The Labute approximate surface area is 119 Å². The van der Waals surface area contributed by atoms with Gasteiger partial charge in [0.1, 0.15) is 0 Å². The number of rotatable bonds is 4. The van der Waals surface area contributed by atoms with Gasteiger partial charge >= 0.3 is 0 Å². The minimum atomic E-state index is 0.201. The molecule has 0 aromatic heterocycles. The van der Waals surface area contributed by atoms with Crippen molar-refractivity contribution in [1.29, 1.82) is 0 Å². The summed E-state index contributed by atoms with van der Waals surface area (Å²) in [5.41, 5.74) is 5.94. The summed E-state index contributed by atoms with van der Waals surface area (Å²) in [4.78, 5) is 0. The first-order valence-corrected chi connectivity index (χ1v) is 7.44. The van der Waals surface area contributed by atoms with Gasteiger partial charge in [0.15, 0.2) is 0 Å². The Morgan fingerprint density at radius 3 is 2.00 bits per heavy atom. The summed E-state index contributed by atoms with van der Waals surface area (Å²) in [7, 11) is 0. The summed E-state index contributed by atoms with van der Waals surface area (Å²) in [5.74, 6) is 1.23. The normalized spacial score (nSPS) is 15.4. The third-order valence-corrected chi connectivity index (χ3v) is 4.18. The van der Waals surface area contributed by atoms with Gasteiger partial charge in [-0.05, 0) is 82.2 Å². The number of nitrogens with one attached hydrogen (secondary N) is 1. The Kier molecular flexibility index (Phi) is 5.20. The molecule has 0 spiro atoms. The molecule has 1 aromatic rings. The van der Waals surface area contributed by atoms with E-state index in [2.05, 4.69) is 72.8 Å². The average molecular weight is 261 g/mol. The molecule has 108 valence electrons. The predicted molar refractivity (Wildman–Crippen MR) is 86.0 cm³/mol. The van der Waals surface area contributed by atoms with Crippen LogP contribution in [0.15, 0.2) is 12.1 Å². The van der Waals surface area contributed by atoms with Gasteiger partial charge in [0, 0.05) is 5.54 Å². The van der Waals surface area contributed by atoms with E-state index in [0.717, 1.165) is 6.54 Å². The minimum Gasteiger partial charge on any atom is -0.312 e. The van der Waals surface area contributed by atoms with Crippen LogP contribution in [-0.2, 0) is 0 Å². The number of hydrogen-bond acceptors (Lipinski definition) is 1. The molecule has 0 amide bonds. The van der Waals surface area contributed by atoms with Crippen molar-refractivity contribution in [1.82, 2.24) is 5.32 Å². The Balaban J connectivity index is 2.82. The molecule has 0 fully saturated rings. The third-order valence-electron chi connectivity index (χ3n) is 4.18. The molecule has 0 bridgehead atoms. The fourth-order valence-corrected chi connectivity index (χ4v) is 2.42. The van der Waals surface area contributed by atoms with Crippen LogP contribution in [0.4, 0.5) is 0 Å². The highest BCUT2D eigenvalue weighted by atomic mass is 14.9. The van der Waals surface area contributed by atoms with Gasteiger partial charge in [0.25, 0.3) is 0 Å². The lowest BCUT2D eigenvalue weighted by Gasteiger charge is -2.28. The monoisotopic (exact) mass is 261 g/mol. The van der Waals surface area contributed by atoms with Crippen LogP contribution < -0.4 is 5.32 Å². The van der Waals surface area contributed by atoms with Crippen molar-refractivity contribution in [3.05, 3.63) is 34.4 Å². The zero-order valence-electron chi connectivity index (χ0n) is 14.0. The van der Waals surface area contributed by atoms with Crippen LogP contribution >= 0.6 is 0 Å². The van der Waals surface area contributed by atoms with E-state index in [0.29, 0.717) is 11.8 Å². The summed E-state index contributed by atoms with van der Waals surface area (Å²) in [6, 6.07) is 4.70. The van der Waals surface area contributed by atoms with Crippen molar-refractivity contribution in [3.63, 3.8) is 0 Å². The molecule has 1 nitrogen and oxygen atoms in total. The van der Waals surface area contributed by atoms with E-state index >= 15 is 0 Å². The van der Waals surface area contributed by atoms with Crippen LogP contribution in [0.2, 0.25) is 0 Å². The SMILES string of the molecule is Cc1cc(C)c(C(C)C(C)CNC(C)(C)C)cc1C. The number of hydrogen-bond donors (Lipinski definition) is 1. The maximum Gasteiger partial charge on any atom is 0.00966 e. The highest BCUT2D eigenvalue weighted by Gasteiger charge is 2.19. The molecule has 0 saturated heterocycles. The Hall–Kier alpha value is -0.820. The highest BCUT2D eigenvalue weighted by Crippen LogP contribution is 2.28. The molecule has 1 rings (SSSR count). The van der Waals surface area contributed by atoms with E-state index in [1.165, 1.54) is 22.3 Å². The zero-order valence-corrected chi connectivity index (χ0v) is 14.0. The molecule has 1 aromatic carbocycles. The average Bonchev–Trinajstić information content (AvgIpc) is 2.29. The van der Waals surface area contributed by atoms with Crippen molar-refractivity contribution in [2.45, 2.75) is 66.8 Å². The molecule has 0 aliphatic rings. The van der Waals surface area contributed by atoms with Gasteiger partial charge in [-0.25, -0.2) is 0 Å². The van der Waals surface area contributed by atoms with Gasteiger partial charge in [-0.1, -0.05) is 26.0 Å². The maximum absolute atomic E-state index is 3.62. The van der Waals surface area contributed by atoms with Gasteiger partial charge in [-0.15, -0.1) is 0 Å². The van der Waals surface area contributed by atoms with Crippen molar-refractivity contribution in [3.8, 4) is 0 Å². The maximum atomic E-state index is 3.62. The number of benzene rings is 1. The Bertz CT molecular complexity index is 426. The largest absolute Gasteiger partial charge is 0.312 e. The smallest absolute Gasteiger partial charge is 0.00966 e. The van der Waals surface area contributed by atoms with Crippen LogP contribution in [0.3, 0.4) is 0 Å². The second-order valence-electron chi connectivity index (χ2n) is 7.19. The highest BCUT2D eigenvalue weighted by molar-refractivity contribution is 5.38. The summed E-state index contributed by atoms with van der Waals surface area (Å²) in [5, 5.41) is 3.62. The molecule has 0 aliphatic carbocycles. The number of aryl methyl sites for hydroxylation is 3. The van der Waals surface area contributed by atoms with Crippen LogP contribution in [0.25, 0.3) is 0 Å². The van der Waals surface area contributed by atoms with Crippen molar-refractivity contribution < 1.29 is 0 Å². The first-order chi connectivity index (χ1) is 8.61. The van der Waals surface area contributed by atoms with Crippen LogP contribution in [0, 0.1) is 26.7 Å². The molecule has 0 saturated carbocycles. The van der Waals surface area contributed by atoms with Crippen LogP contribution in [-0.4, -0.2) is 12.1 Å². The molecular weight excluding hydrogens is 230 g/mol. The van der Waals surface area contributed by atoms with Gasteiger partial charge in [-0.2, -0.15) is 0 Å². The quantitative estimate of drug-likeness (QED) is 0.825. The predicted octanol–water partition coefficient (Wildman–Crippen LogP) is 4.74. The van der Waals surface area contributed by atoms with E-state index in [1.54, 1.807) is 0 Å². The summed E-state index contributed by atoms with van der Waals surface area (Å²) in [6.45, 7) is 19.1. The van der Waals surface area contributed by atoms with E-state index < -0.39 is 0 Å². The second kappa shape index (κ2) is 6.09. The molecule has 19 heavy (non-hydrogen) atoms. The summed E-state index contributed by atoms with van der Waals surface area (Å²) in [6.07, 6.45) is 0. The molecule has 2 unspecified atom stereocenters. The van der Waals surface area contributed by atoms with Gasteiger partial charge in [-0.3, -0.25) is 0 Å².